The van der Waals surface area contributed by atoms with E-state index < -0.39 is 30.5 Å². The third-order valence-corrected chi connectivity index (χ3v) is 14.9. The van der Waals surface area contributed by atoms with Crippen molar-refractivity contribution < 1.29 is 37.8 Å². The van der Waals surface area contributed by atoms with Gasteiger partial charge in [-0.3, -0.25) is 9.59 Å². The average Bonchev–Trinajstić information content (AvgIpc) is 4.26. The van der Waals surface area contributed by atoms with Crippen LogP contribution in [0.1, 0.15) is 102 Å². The van der Waals surface area contributed by atoms with Crippen molar-refractivity contribution in [3.05, 3.63) is 126 Å². The van der Waals surface area contributed by atoms with Crippen molar-refractivity contribution in [3.8, 4) is 50.6 Å². The maximum absolute atomic E-state index is 14.3. The largest absolute Gasteiger partial charge is 0.465 e. The Balaban J connectivity index is 0.910. The number of nitrogens with zero attached hydrogens (tertiary/aromatic N) is 4. The molecule has 4 N–H and O–H groups in total. The number of likely N-dealkylation sites (tertiary alicyclic amines) is 1. The standard InChI is InChI=1S/C57H61FN8O7/c1-31(2)49(63-56(69)71-5)51(67)40-10-7-8-11-41(40)52-59-29-43(61-52)34-15-13-33(14-16-34)36-20-24-45-38(26-36)27-47-42-23-19-37(28-48(42)73-55(66(45)47)35-17-21-39(58)22-18-35)44-30-60-53(62-44)46-12-9-25-65(46)54(68)50(32(3)4)64-57(70)72-6/h13-24,26-32,40-41,46,49-50,55H,7-12,25H2,1-6H3,(H,59,61)(H,60,62)(H,63,69)(H,64,70)/t40-,41+,46+,49?,50?,55?/m1/s1. The van der Waals surface area contributed by atoms with Crippen LogP contribution in [0.3, 0.4) is 0 Å². The molecular formula is C57H61FN8O7. The quantitative estimate of drug-likeness (QED) is 0.0872. The van der Waals surface area contributed by atoms with Gasteiger partial charge in [0.05, 0.1) is 61.3 Å². The van der Waals surface area contributed by atoms with Crippen LogP contribution >= 0.6 is 0 Å². The summed E-state index contributed by atoms with van der Waals surface area (Å²) in [4.78, 5) is 70.4. The van der Waals surface area contributed by atoms with E-state index in [-0.39, 0.29) is 47.2 Å². The van der Waals surface area contributed by atoms with Crippen LogP contribution in [0.2, 0.25) is 0 Å². The predicted molar refractivity (Wildman–Crippen MR) is 275 cm³/mol. The van der Waals surface area contributed by atoms with Crippen molar-refractivity contribution in [1.29, 1.82) is 0 Å². The van der Waals surface area contributed by atoms with E-state index in [2.05, 4.69) is 73.7 Å². The number of halogens is 1. The number of fused-ring (bicyclic) bond motifs is 5. The van der Waals surface area contributed by atoms with E-state index >= 15 is 0 Å². The van der Waals surface area contributed by atoms with Gasteiger partial charge in [-0.2, -0.15) is 0 Å². The molecule has 3 aromatic heterocycles. The molecule has 2 aliphatic heterocycles. The molecule has 0 radical (unpaired) electrons. The summed E-state index contributed by atoms with van der Waals surface area (Å²) in [6.07, 6.45) is 6.80. The number of hydrogen-bond acceptors (Lipinski definition) is 9. The molecule has 4 aromatic carbocycles. The van der Waals surface area contributed by atoms with Crippen molar-refractivity contribution in [2.24, 2.45) is 17.8 Å². The Hall–Kier alpha value is -7.75. The summed E-state index contributed by atoms with van der Waals surface area (Å²) in [6.45, 7) is 8.19. The molecule has 3 amide bonds. The predicted octanol–water partition coefficient (Wildman–Crippen LogP) is 11.1. The molecule has 1 saturated carbocycles. The van der Waals surface area contributed by atoms with Crippen LogP contribution in [0.4, 0.5) is 14.0 Å². The lowest BCUT2D eigenvalue weighted by Crippen LogP contribution is -2.51. The SMILES string of the molecule is COC(=O)NC(C(=O)[C@@H]1CCCC[C@@H]1c1ncc(-c2ccc(-c3ccc4c(c3)cc3n4C(c4ccc(F)cc4)Oc4cc(-c5cnc([C@@H]6CCCN6C(=O)C(NC(=O)OC)C(C)C)[nH]5)ccc4-3)cc2)[nH]1)C(C)C. The molecule has 1 saturated heterocycles. The van der Waals surface area contributed by atoms with Crippen LogP contribution in [0.5, 0.6) is 5.75 Å². The molecular weight excluding hydrogens is 928 g/mol. The summed E-state index contributed by atoms with van der Waals surface area (Å²) in [5.41, 5.74) is 9.09. The highest BCUT2D eigenvalue weighted by atomic mass is 19.1. The number of Topliss-reactive ketones (excluding diaryl/α,β-unsaturated/α-hetero) is 1. The van der Waals surface area contributed by atoms with Gasteiger partial charge in [-0.15, -0.1) is 0 Å². The molecule has 73 heavy (non-hydrogen) atoms. The number of amides is 3. The molecule has 5 heterocycles. The van der Waals surface area contributed by atoms with Gasteiger partial charge >= 0.3 is 12.2 Å². The lowest BCUT2D eigenvalue weighted by Gasteiger charge is -2.33. The normalized spacial score (nSPS) is 19.2. The number of aromatic nitrogens is 5. The number of nitrogens with one attached hydrogen (secondary N) is 4. The molecule has 16 heteroatoms. The fourth-order valence-corrected chi connectivity index (χ4v) is 11.0. The van der Waals surface area contributed by atoms with Crippen LogP contribution < -0.4 is 15.4 Å². The maximum Gasteiger partial charge on any atom is 0.407 e. The summed E-state index contributed by atoms with van der Waals surface area (Å²) in [7, 11) is 2.59. The molecule has 10 rings (SSSR count). The topological polar surface area (TPSA) is 186 Å². The van der Waals surface area contributed by atoms with Gasteiger partial charge in [0.15, 0.2) is 5.78 Å². The zero-order valence-electron chi connectivity index (χ0n) is 41.9. The van der Waals surface area contributed by atoms with Gasteiger partial charge in [0, 0.05) is 40.5 Å². The first kappa shape index (κ1) is 48.9. The molecule has 7 aromatic rings. The lowest BCUT2D eigenvalue weighted by molar-refractivity contribution is -0.135. The zero-order chi connectivity index (χ0) is 51.1. The van der Waals surface area contributed by atoms with Gasteiger partial charge < -0.3 is 44.3 Å². The molecule has 2 fully saturated rings. The Bertz CT molecular complexity index is 3180. The van der Waals surface area contributed by atoms with E-state index in [4.69, 9.17) is 24.2 Å². The van der Waals surface area contributed by atoms with Gasteiger partial charge in [0.25, 0.3) is 0 Å². The summed E-state index contributed by atoms with van der Waals surface area (Å²) >= 11 is 0. The average molecular weight is 989 g/mol. The van der Waals surface area contributed by atoms with Crippen LogP contribution in [0, 0.1) is 23.6 Å². The zero-order valence-corrected chi connectivity index (χ0v) is 41.9. The first-order valence-electron chi connectivity index (χ1n) is 25.3. The Morgan fingerprint density at radius 3 is 2.04 bits per heavy atom. The monoisotopic (exact) mass is 988 g/mol. The number of H-pyrrole nitrogens is 2. The number of carbonyl (C=O) groups excluding carboxylic acids is 4. The Morgan fingerprint density at radius 2 is 1.33 bits per heavy atom. The number of methoxy groups -OCH3 is 2. The van der Waals surface area contributed by atoms with Gasteiger partial charge in [-0.1, -0.05) is 89.1 Å². The van der Waals surface area contributed by atoms with Crippen molar-refractivity contribution >= 4 is 34.8 Å². The van der Waals surface area contributed by atoms with E-state index in [0.717, 1.165) is 106 Å². The van der Waals surface area contributed by atoms with Gasteiger partial charge in [0.2, 0.25) is 12.1 Å². The van der Waals surface area contributed by atoms with Gasteiger partial charge in [-0.05, 0) is 96.7 Å². The van der Waals surface area contributed by atoms with E-state index in [1.54, 1.807) is 23.2 Å². The number of carbonyl (C=O) groups is 4. The molecule has 378 valence electrons. The van der Waals surface area contributed by atoms with Crippen molar-refractivity contribution in [3.63, 3.8) is 0 Å². The Kier molecular flexibility index (Phi) is 13.7. The van der Waals surface area contributed by atoms with E-state index in [9.17, 15) is 23.6 Å². The Labute approximate surface area is 423 Å². The minimum atomic E-state index is -0.738. The number of ether oxygens (including phenoxy) is 3. The minimum Gasteiger partial charge on any atom is -0.465 e. The second kappa shape index (κ2) is 20.4. The van der Waals surface area contributed by atoms with E-state index in [0.29, 0.717) is 18.1 Å². The highest BCUT2D eigenvalue weighted by Gasteiger charge is 2.40. The summed E-state index contributed by atoms with van der Waals surface area (Å²) in [6, 6.07) is 27.7. The number of benzene rings is 4. The van der Waals surface area contributed by atoms with Crippen molar-refractivity contribution in [1.82, 2.24) is 40.0 Å². The van der Waals surface area contributed by atoms with Crippen molar-refractivity contribution in [2.45, 2.75) is 96.5 Å². The number of imidazole rings is 2. The van der Waals surface area contributed by atoms with Crippen LogP contribution in [0.15, 0.2) is 103 Å². The molecule has 0 bridgehead atoms. The van der Waals surface area contributed by atoms with Gasteiger partial charge in [-0.25, -0.2) is 23.9 Å². The van der Waals surface area contributed by atoms with Crippen LogP contribution in [0.25, 0.3) is 55.8 Å². The summed E-state index contributed by atoms with van der Waals surface area (Å²) in [5, 5.41) is 6.49. The Morgan fingerprint density at radius 1 is 0.699 bits per heavy atom. The third-order valence-electron chi connectivity index (χ3n) is 14.9. The third kappa shape index (κ3) is 9.58. The maximum atomic E-state index is 14.3. The molecule has 3 aliphatic rings. The number of aromatic amines is 2. The molecule has 0 spiro atoms. The van der Waals surface area contributed by atoms with Crippen LogP contribution in [-0.4, -0.2) is 86.1 Å². The molecule has 6 atom stereocenters. The summed E-state index contributed by atoms with van der Waals surface area (Å²) < 4.78 is 33.0. The number of alkyl carbamates (subject to hydrolysis) is 2. The number of ketones is 1. The van der Waals surface area contributed by atoms with E-state index in [1.807, 2.05) is 52.1 Å². The number of rotatable bonds is 13. The molecule has 15 nitrogen and oxygen atoms in total. The highest BCUT2D eigenvalue weighted by Crippen LogP contribution is 2.47. The second-order valence-electron chi connectivity index (χ2n) is 20.2. The number of hydrogen-bond donors (Lipinski definition) is 4. The minimum absolute atomic E-state index is 0.0167. The highest BCUT2D eigenvalue weighted by molar-refractivity contribution is 5.93. The first-order valence-corrected chi connectivity index (χ1v) is 25.3. The van der Waals surface area contributed by atoms with E-state index in [1.165, 1.54) is 26.4 Å². The summed E-state index contributed by atoms with van der Waals surface area (Å²) in [5.74, 6) is 1.01. The second-order valence-corrected chi connectivity index (χ2v) is 20.2. The fraction of sp³-hybridized carbons (Fsp3) is 0.368. The van der Waals surface area contributed by atoms with Gasteiger partial charge in [0.1, 0.15) is 29.3 Å². The smallest absolute Gasteiger partial charge is 0.407 e. The molecule has 3 unspecified atom stereocenters. The van der Waals surface area contributed by atoms with Crippen LogP contribution in [-0.2, 0) is 19.1 Å². The first-order chi connectivity index (χ1) is 35.3. The molecule has 1 aliphatic carbocycles. The van der Waals surface area contributed by atoms with Crippen molar-refractivity contribution in [2.75, 3.05) is 20.8 Å². The lowest BCUT2D eigenvalue weighted by atomic mass is 9.73. The fourth-order valence-electron chi connectivity index (χ4n) is 11.0.